The first-order chi connectivity index (χ1) is 13.0. The molecule has 0 aromatic heterocycles. The van der Waals surface area contributed by atoms with Crippen LogP contribution in [0.4, 0.5) is 5.69 Å². The van der Waals surface area contributed by atoms with Crippen LogP contribution in [0.5, 0.6) is 5.75 Å². The number of hydrogen-bond acceptors (Lipinski definition) is 3. The van der Waals surface area contributed by atoms with E-state index < -0.39 is 12.1 Å². The summed E-state index contributed by atoms with van der Waals surface area (Å²) < 4.78 is 5.80. The van der Waals surface area contributed by atoms with Crippen LogP contribution in [0.1, 0.15) is 18.4 Å². The number of carbonyl (C=O) groups excluding carboxylic acids is 2. The lowest BCUT2D eigenvalue weighted by Gasteiger charge is -2.26. The predicted octanol–water partition coefficient (Wildman–Crippen LogP) is 3.93. The molecule has 1 fully saturated rings. The molecule has 0 aliphatic carbocycles. The predicted molar refractivity (Wildman–Crippen MR) is 104 cm³/mol. The van der Waals surface area contributed by atoms with Crippen molar-refractivity contribution in [3.63, 3.8) is 0 Å². The zero-order chi connectivity index (χ0) is 19.0. The summed E-state index contributed by atoms with van der Waals surface area (Å²) in [7, 11) is 0. The van der Waals surface area contributed by atoms with E-state index in [9.17, 15) is 9.59 Å². The Morgan fingerprint density at radius 1 is 1.15 bits per heavy atom. The van der Waals surface area contributed by atoms with E-state index in [1.807, 2.05) is 24.3 Å². The fourth-order valence-electron chi connectivity index (χ4n) is 3.62. The van der Waals surface area contributed by atoms with Crippen molar-refractivity contribution in [2.24, 2.45) is 0 Å². The fourth-order valence-corrected chi connectivity index (χ4v) is 3.95. The number of hydrogen-bond donors (Lipinski definition) is 1. The SMILES string of the molecule is O=C(Nc1cc(Cl)ccc1Cl)[C@@H]1CCCN1C(=O)[C@H]1Cc2ccccc2O1. The second-order valence-electron chi connectivity index (χ2n) is 6.72. The Morgan fingerprint density at radius 3 is 2.78 bits per heavy atom. The van der Waals surface area contributed by atoms with Gasteiger partial charge in [0, 0.05) is 18.0 Å². The molecule has 7 heteroatoms. The molecule has 140 valence electrons. The van der Waals surface area contributed by atoms with E-state index in [2.05, 4.69) is 5.32 Å². The van der Waals surface area contributed by atoms with Gasteiger partial charge < -0.3 is 15.0 Å². The van der Waals surface area contributed by atoms with Gasteiger partial charge in [0.25, 0.3) is 5.91 Å². The number of carbonyl (C=O) groups is 2. The van der Waals surface area contributed by atoms with E-state index in [4.69, 9.17) is 27.9 Å². The van der Waals surface area contributed by atoms with Crippen LogP contribution in [0.3, 0.4) is 0 Å². The van der Waals surface area contributed by atoms with Gasteiger partial charge in [-0.05, 0) is 42.7 Å². The molecule has 0 bridgehead atoms. The van der Waals surface area contributed by atoms with Gasteiger partial charge >= 0.3 is 0 Å². The minimum Gasteiger partial charge on any atom is -0.480 e. The highest BCUT2D eigenvalue weighted by molar-refractivity contribution is 6.35. The molecule has 4 rings (SSSR count). The lowest BCUT2D eigenvalue weighted by molar-refractivity contribution is -0.142. The summed E-state index contributed by atoms with van der Waals surface area (Å²) in [6, 6.07) is 12.0. The number of likely N-dealkylation sites (tertiary alicyclic amines) is 1. The van der Waals surface area contributed by atoms with Crippen LogP contribution < -0.4 is 10.1 Å². The van der Waals surface area contributed by atoms with Gasteiger partial charge in [0.15, 0.2) is 6.10 Å². The third kappa shape index (κ3) is 3.62. The Hall–Kier alpha value is -2.24. The third-order valence-corrected chi connectivity index (χ3v) is 5.51. The molecule has 1 N–H and O–H groups in total. The summed E-state index contributed by atoms with van der Waals surface area (Å²) in [5.74, 6) is 0.323. The average Bonchev–Trinajstić information content (AvgIpc) is 3.30. The fraction of sp³-hybridized carbons (Fsp3) is 0.300. The van der Waals surface area contributed by atoms with Crippen LogP contribution in [-0.2, 0) is 16.0 Å². The molecule has 2 aliphatic rings. The molecule has 2 heterocycles. The molecule has 2 aromatic rings. The second kappa shape index (κ2) is 7.41. The van der Waals surface area contributed by atoms with E-state index in [0.29, 0.717) is 35.1 Å². The molecule has 2 aliphatic heterocycles. The molecule has 2 aromatic carbocycles. The van der Waals surface area contributed by atoms with Crippen molar-refractivity contribution in [1.82, 2.24) is 4.90 Å². The highest BCUT2D eigenvalue weighted by Gasteiger charge is 2.40. The van der Waals surface area contributed by atoms with Crippen molar-refractivity contribution in [2.75, 3.05) is 11.9 Å². The van der Waals surface area contributed by atoms with E-state index in [-0.39, 0.29) is 11.8 Å². The van der Waals surface area contributed by atoms with Crippen molar-refractivity contribution >= 4 is 40.7 Å². The van der Waals surface area contributed by atoms with Gasteiger partial charge in [0.05, 0.1) is 10.7 Å². The molecule has 0 radical (unpaired) electrons. The summed E-state index contributed by atoms with van der Waals surface area (Å²) in [6.07, 6.45) is 1.33. The number of nitrogens with one attached hydrogen (secondary N) is 1. The Labute approximate surface area is 167 Å². The van der Waals surface area contributed by atoms with E-state index in [1.165, 1.54) is 0 Å². The standard InChI is InChI=1S/C20H18Cl2N2O3/c21-13-7-8-14(22)15(11-13)23-19(25)16-5-3-9-24(16)20(26)18-10-12-4-1-2-6-17(12)27-18/h1-2,4,6-8,11,16,18H,3,5,9-10H2,(H,23,25)/t16-,18+/m0/s1. The molecule has 2 amide bonds. The smallest absolute Gasteiger partial charge is 0.264 e. The number of nitrogens with zero attached hydrogens (tertiary/aromatic N) is 1. The van der Waals surface area contributed by atoms with Gasteiger partial charge in [-0.3, -0.25) is 9.59 Å². The summed E-state index contributed by atoms with van der Waals surface area (Å²) in [5, 5.41) is 3.67. The molecule has 27 heavy (non-hydrogen) atoms. The quantitative estimate of drug-likeness (QED) is 0.842. The van der Waals surface area contributed by atoms with Crippen LogP contribution >= 0.6 is 23.2 Å². The Kier molecular flexibility index (Phi) is 4.98. The molecule has 0 saturated carbocycles. The number of benzene rings is 2. The molecule has 0 spiro atoms. The first kappa shape index (κ1) is 18.1. The van der Waals surface area contributed by atoms with Gasteiger partial charge in [-0.25, -0.2) is 0 Å². The maximum absolute atomic E-state index is 13.0. The van der Waals surface area contributed by atoms with Gasteiger partial charge in [-0.15, -0.1) is 0 Å². The van der Waals surface area contributed by atoms with Crippen LogP contribution in [0.2, 0.25) is 10.0 Å². The number of fused-ring (bicyclic) bond motifs is 1. The van der Waals surface area contributed by atoms with Crippen LogP contribution in [0.15, 0.2) is 42.5 Å². The summed E-state index contributed by atoms with van der Waals surface area (Å²) >= 11 is 12.1. The Balaban J connectivity index is 1.46. The van der Waals surface area contributed by atoms with Crippen molar-refractivity contribution in [3.8, 4) is 5.75 Å². The van der Waals surface area contributed by atoms with Gasteiger partial charge in [0.1, 0.15) is 11.8 Å². The third-order valence-electron chi connectivity index (χ3n) is 4.95. The van der Waals surface area contributed by atoms with Crippen molar-refractivity contribution < 1.29 is 14.3 Å². The lowest BCUT2D eigenvalue weighted by Crippen LogP contribution is -2.48. The van der Waals surface area contributed by atoms with Crippen LogP contribution in [0, 0.1) is 0 Å². The lowest BCUT2D eigenvalue weighted by atomic mass is 10.1. The topological polar surface area (TPSA) is 58.6 Å². The van der Waals surface area contributed by atoms with Gasteiger partial charge in [0.2, 0.25) is 5.91 Å². The Bertz CT molecular complexity index is 878. The molecule has 2 atom stereocenters. The average molecular weight is 405 g/mol. The molecule has 0 unspecified atom stereocenters. The number of ether oxygens (including phenoxy) is 1. The van der Waals surface area contributed by atoms with Gasteiger partial charge in [-0.2, -0.15) is 0 Å². The number of rotatable bonds is 3. The first-order valence-corrected chi connectivity index (χ1v) is 9.59. The van der Waals surface area contributed by atoms with E-state index in [1.54, 1.807) is 23.1 Å². The van der Waals surface area contributed by atoms with Crippen LogP contribution in [0.25, 0.3) is 0 Å². The zero-order valence-electron chi connectivity index (χ0n) is 14.5. The maximum atomic E-state index is 13.0. The highest BCUT2D eigenvalue weighted by atomic mass is 35.5. The van der Waals surface area contributed by atoms with Crippen LogP contribution in [-0.4, -0.2) is 35.4 Å². The summed E-state index contributed by atoms with van der Waals surface area (Å²) in [4.78, 5) is 27.4. The normalized spacial score (nSPS) is 20.9. The first-order valence-electron chi connectivity index (χ1n) is 8.84. The zero-order valence-corrected chi connectivity index (χ0v) is 16.0. The summed E-state index contributed by atoms with van der Waals surface area (Å²) in [5.41, 5.74) is 1.46. The molecule has 5 nitrogen and oxygen atoms in total. The van der Waals surface area contributed by atoms with E-state index >= 15 is 0 Å². The summed E-state index contributed by atoms with van der Waals surface area (Å²) in [6.45, 7) is 0.538. The van der Waals surface area contributed by atoms with Crippen molar-refractivity contribution in [2.45, 2.75) is 31.4 Å². The van der Waals surface area contributed by atoms with E-state index in [0.717, 1.165) is 17.7 Å². The number of anilines is 1. The monoisotopic (exact) mass is 404 g/mol. The molecular weight excluding hydrogens is 387 g/mol. The second-order valence-corrected chi connectivity index (χ2v) is 7.57. The minimum atomic E-state index is -0.578. The minimum absolute atomic E-state index is 0.152. The number of para-hydroxylation sites is 1. The van der Waals surface area contributed by atoms with Crippen molar-refractivity contribution in [1.29, 1.82) is 0 Å². The number of amides is 2. The molecular formula is C20H18Cl2N2O3. The Morgan fingerprint density at radius 2 is 1.96 bits per heavy atom. The number of halogens is 2. The largest absolute Gasteiger partial charge is 0.480 e. The van der Waals surface area contributed by atoms with Gasteiger partial charge in [-0.1, -0.05) is 41.4 Å². The highest BCUT2D eigenvalue weighted by Crippen LogP contribution is 2.31. The van der Waals surface area contributed by atoms with Crippen molar-refractivity contribution in [3.05, 3.63) is 58.1 Å². The molecule has 1 saturated heterocycles. The maximum Gasteiger partial charge on any atom is 0.264 e.